The van der Waals surface area contributed by atoms with E-state index in [1.54, 1.807) is 31.2 Å². The number of hydrogen-bond acceptors (Lipinski definition) is 6. The van der Waals surface area contributed by atoms with Crippen LogP contribution in [-0.2, 0) is 0 Å². The molecule has 2 aliphatic rings. The Hall–Kier alpha value is -3.89. The van der Waals surface area contributed by atoms with Crippen LogP contribution in [0.5, 0.6) is 0 Å². The summed E-state index contributed by atoms with van der Waals surface area (Å²) in [5.74, 6) is -1.35. The smallest absolute Gasteiger partial charge is 0.341 e. The molecule has 2 aromatic rings. The molecule has 184 valence electrons. The van der Waals surface area contributed by atoms with Crippen LogP contribution in [0.2, 0.25) is 0 Å². The van der Waals surface area contributed by atoms with E-state index in [4.69, 9.17) is 5.41 Å². The molecule has 1 saturated heterocycles. The van der Waals surface area contributed by atoms with Gasteiger partial charge in [0.2, 0.25) is 0 Å². The Labute approximate surface area is 201 Å². The summed E-state index contributed by atoms with van der Waals surface area (Å²) in [4.78, 5) is 20.9. The van der Waals surface area contributed by atoms with E-state index in [-0.39, 0.29) is 11.7 Å². The number of urea groups is 1. The normalized spacial score (nSPS) is 18.3. The highest BCUT2D eigenvalue weighted by Crippen LogP contribution is 2.31. The van der Waals surface area contributed by atoms with Gasteiger partial charge in [-0.05, 0) is 36.8 Å². The fraction of sp³-hybridized carbons (Fsp3) is 0.333. The third kappa shape index (κ3) is 5.28. The van der Waals surface area contributed by atoms with Crippen molar-refractivity contribution >= 4 is 29.5 Å². The second-order valence-electron chi connectivity index (χ2n) is 8.37. The number of carbonyl (C=O) groups is 1. The highest BCUT2D eigenvalue weighted by atomic mass is 19.1. The van der Waals surface area contributed by atoms with Crippen molar-refractivity contribution in [1.29, 1.82) is 5.41 Å². The highest BCUT2D eigenvalue weighted by molar-refractivity contribution is 5.96. The lowest BCUT2D eigenvalue weighted by Gasteiger charge is -2.37. The first kappa shape index (κ1) is 24.2. The van der Waals surface area contributed by atoms with Crippen LogP contribution < -0.4 is 10.2 Å². The van der Waals surface area contributed by atoms with Crippen molar-refractivity contribution in [2.45, 2.75) is 19.4 Å². The fourth-order valence-corrected chi connectivity index (χ4v) is 4.22. The predicted octanol–water partition coefficient (Wildman–Crippen LogP) is 3.77. The molecule has 0 aliphatic carbocycles. The first-order valence-electron chi connectivity index (χ1n) is 11.2. The Balaban J connectivity index is 1.45. The minimum Gasteiger partial charge on any atom is -0.387 e. The molecule has 0 spiro atoms. The Morgan fingerprint density at radius 3 is 2.43 bits per heavy atom. The molecule has 1 unspecified atom stereocenters. The average Bonchev–Trinajstić information content (AvgIpc) is 3.32. The van der Waals surface area contributed by atoms with Gasteiger partial charge in [0.25, 0.3) is 0 Å². The van der Waals surface area contributed by atoms with E-state index >= 15 is 0 Å². The fourth-order valence-electron chi connectivity index (χ4n) is 4.22. The number of hydrazone groups is 1. The molecule has 2 amide bonds. The maximum Gasteiger partial charge on any atom is 0.341 e. The number of carbonyl (C=O) groups excluding carboxylic acids is 1. The Morgan fingerprint density at radius 2 is 1.80 bits per heavy atom. The Bertz CT molecular complexity index is 1170. The van der Waals surface area contributed by atoms with Gasteiger partial charge in [-0.2, -0.15) is 5.10 Å². The van der Waals surface area contributed by atoms with E-state index in [0.29, 0.717) is 55.2 Å². The molecule has 1 aromatic carbocycles. The zero-order chi connectivity index (χ0) is 25.1. The van der Waals surface area contributed by atoms with Gasteiger partial charge in [0.15, 0.2) is 5.82 Å². The molecule has 1 aromatic heterocycles. The summed E-state index contributed by atoms with van der Waals surface area (Å²) in [6.45, 7) is 3.27. The number of piperazine rings is 1. The second kappa shape index (κ2) is 10.2. The minimum atomic E-state index is -0.703. The van der Waals surface area contributed by atoms with Crippen LogP contribution in [0.1, 0.15) is 30.5 Å². The minimum absolute atomic E-state index is 0.281. The summed E-state index contributed by atoms with van der Waals surface area (Å²) in [7, 11) is 1.66. The molecule has 2 N–H and O–H groups in total. The molecule has 4 rings (SSSR count). The zero-order valence-electron chi connectivity index (χ0n) is 19.4. The van der Waals surface area contributed by atoms with Crippen molar-refractivity contribution in [2.75, 3.05) is 38.1 Å². The van der Waals surface area contributed by atoms with Crippen LogP contribution in [0.25, 0.3) is 5.70 Å². The number of allylic oxidation sites excluding steroid dienone is 1. The van der Waals surface area contributed by atoms with E-state index in [2.05, 4.69) is 15.4 Å². The van der Waals surface area contributed by atoms with Crippen LogP contribution in [0, 0.1) is 22.9 Å². The van der Waals surface area contributed by atoms with Crippen molar-refractivity contribution in [3.63, 3.8) is 0 Å². The van der Waals surface area contributed by atoms with E-state index in [1.165, 1.54) is 23.2 Å². The standard InChI is InChI=1S/C24H26F3N7O/c1-15(28)9-21(29-2)19-13-23(30-14-20(19)27)32-5-7-33(8-6-32)24(35)34-22(3-4-31-34)16-10-17(25)12-18(26)11-16/h4,9-14,22,28-29H,3,5-8H2,1-2H3/b21-9-,28-15?. The van der Waals surface area contributed by atoms with Crippen LogP contribution in [0.15, 0.2) is 41.6 Å². The highest BCUT2D eigenvalue weighted by Gasteiger charge is 2.33. The summed E-state index contributed by atoms with van der Waals surface area (Å²) < 4.78 is 41.9. The number of hydrogen-bond donors (Lipinski definition) is 2. The van der Waals surface area contributed by atoms with Gasteiger partial charge in [0, 0.05) is 68.9 Å². The molecule has 35 heavy (non-hydrogen) atoms. The molecule has 0 saturated carbocycles. The Kier molecular flexibility index (Phi) is 7.04. The number of halogens is 3. The number of nitrogens with one attached hydrogen (secondary N) is 2. The van der Waals surface area contributed by atoms with Gasteiger partial charge in [-0.1, -0.05) is 0 Å². The van der Waals surface area contributed by atoms with E-state index in [1.807, 2.05) is 4.90 Å². The molecular formula is C24H26F3N7O. The molecule has 11 heteroatoms. The van der Waals surface area contributed by atoms with Gasteiger partial charge in [-0.15, -0.1) is 0 Å². The Morgan fingerprint density at radius 1 is 1.11 bits per heavy atom. The first-order chi connectivity index (χ1) is 16.8. The third-order valence-corrected chi connectivity index (χ3v) is 5.93. The number of amides is 2. The van der Waals surface area contributed by atoms with Gasteiger partial charge < -0.3 is 20.5 Å². The topological polar surface area (TPSA) is 87.9 Å². The predicted molar refractivity (Wildman–Crippen MR) is 128 cm³/mol. The number of aromatic nitrogens is 1. The van der Waals surface area contributed by atoms with Gasteiger partial charge in [0.05, 0.1) is 12.2 Å². The first-order valence-corrected chi connectivity index (χ1v) is 11.2. The number of nitrogens with zero attached hydrogens (tertiary/aromatic N) is 5. The third-order valence-electron chi connectivity index (χ3n) is 5.93. The summed E-state index contributed by atoms with van der Waals surface area (Å²) in [6.07, 6.45) is 4.62. The molecule has 0 radical (unpaired) electrons. The van der Waals surface area contributed by atoms with Gasteiger partial charge >= 0.3 is 6.03 Å². The lowest BCUT2D eigenvalue weighted by Crippen LogP contribution is -2.52. The molecule has 1 fully saturated rings. The average molecular weight is 486 g/mol. The van der Waals surface area contributed by atoms with E-state index < -0.39 is 23.5 Å². The summed E-state index contributed by atoms with van der Waals surface area (Å²) in [5.41, 5.74) is 1.41. The molecule has 8 nitrogen and oxygen atoms in total. The summed E-state index contributed by atoms with van der Waals surface area (Å²) >= 11 is 0. The number of rotatable bonds is 5. The lowest BCUT2D eigenvalue weighted by atomic mass is 10.0. The number of pyridine rings is 1. The SMILES string of the molecule is CN/C(=C\C(C)=N)c1cc(N2CCN(C(=O)N3N=CCC3c3cc(F)cc(F)c3)CC2)ncc1F. The van der Waals surface area contributed by atoms with Crippen molar-refractivity contribution in [2.24, 2.45) is 5.10 Å². The molecule has 1 atom stereocenters. The van der Waals surface area contributed by atoms with Crippen molar-refractivity contribution in [3.05, 3.63) is 65.1 Å². The van der Waals surface area contributed by atoms with Crippen LogP contribution in [0.4, 0.5) is 23.8 Å². The number of benzene rings is 1. The monoisotopic (exact) mass is 485 g/mol. The van der Waals surface area contributed by atoms with Crippen LogP contribution in [-0.4, -0.2) is 66.1 Å². The lowest BCUT2D eigenvalue weighted by molar-refractivity contribution is 0.139. The summed E-state index contributed by atoms with van der Waals surface area (Å²) in [5, 5.41) is 16.0. The molecule has 0 bridgehead atoms. The van der Waals surface area contributed by atoms with Gasteiger partial charge in [0.1, 0.15) is 17.5 Å². The molecular weight excluding hydrogens is 459 g/mol. The van der Waals surface area contributed by atoms with Crippen LogP contribution >= 0.6 is 0 Å². The van der Waals surface area contributed by atoms with Crippen molar-refractivity contribution in [1.82, 2.24) is 20.2 Å². The molecule has 3 heterocycles. The quantitative estimate of drug-likeness (QED) is 0.631. The van der Waals surface area contributed by atoms with Crippen LogP contribution in [0.3, 0.4) is 0 Å². The van der Waals surface area contributed by atoms with Crippen molar-refractivity contribution < 1.29 is 18.0 Å². The van der Waals surface area contributed by atoms with Gasteiger partial charge in [-0.3, -0.25) is 0 Å². The van der Waals surface area contributed by atoms with Gasteiger partial charge in [-0.25, -0.2) is 28.0 Å². The number of anilines is 1. The maximum atomic E-state index is 14.4. The summed E-state index contributed by atoms with van der Waals surface area (Å²) in [6, 6.07) is 3.93. The van der Waals surface area contributed by atoms with E-state index in [0.717, 1.165) is 12.3 Å². The largest absolute Gasteiger partial charge is 0.387 e. The molecule has 2 aliphatic heterocycles. The maximum absolute atomic E-state index is 14.4. The second-order valence-corrected chi connectivity index (χ2v) is 8.37. The van der Waals surface area contributed by atoms with E-state index in [9.17, 15) is 18.0 Å². The zero-order valence-corrected chi connectivity index (χ0v) is 19.4. The van der Waals surface area contributed by atoms with Crippen molar-refractivity contribution in [3.8, 4) is 0 Å².